The molecule has 2 amide bonds. The molecule has 6 nitrogen and oxygen atoms in total. The van der Waals surface area contributed by atoms with Crippen molar-refractivity contribution in [3.63, 3.8) is 0 Å². The number of carbonyl (C=O) groups excluding carboxylic acids is 2. The van der Waals surface area contributed by atoms with Crippen molar-refractivity contribution < 1.29 is 27.9 Å². The number of amides is 2. The fourth-order valence-corrected chi connectivity index (χ4v) is 4.36. The number of nitrogens with zero attached hydrogens (tertiary/aromatic N) is 2. The van der Waals surface area contributed by atoms with E-state index < -0.39 is 41.5 Å². The molecular weight excluding hydrogens is 430 g/mol. The lowest BCUT2D eigenvalue weighted by atomic mass is 9.90. The summed E-state index contributed by atoms with van der Waals surface area (Å²) in [6.45, 7) is 2.35. The number of hydrogen-bond acceptors (Lipinski definition) is 5. The Morgan fingerprint density at radius 1 is 0.879 bits per heavy atom. The predicted octanol–water partition coefficient (Wildman–Crippen LogP) is 4.41. The van der Waals surface area contributed by atoms with Crippen molar-refractivity contribution in [1.82, 2.24) is 0 Å². The van der Waals surface area contributed by atoms with Crippen LogP contribution in [-0.4, -0.2) is 24.5 Å². The van der Waals surface area contributed by atoms with Crippen LogP contribution in [-0.2, 0) is 14.4 Å². The average Bonchev–Trinajstić information content (AvgIpc) is 3.33. The van der Waals surface area contributed by atoms with Crippen molar-refractivity contribution in [1.29, 1.82) is 0 Å². The van der Waals surface area contributed by atoms with Gasteiger partial charge in [-0.15, -0.1) is 0 Å². The van der Waals surface area contributed by atoms with Crippen molar-refractivity contribution in [3.05, 3.63) is 90.0 Å². The summed E-state index contributed by atoms with van der Waals surface area (Å²) < 4.78 is 33.2. The summed E-state index contributed by atoms with van der Waals surface area (Å²) in [7, 11) is 0. The zero-order valence-corrected chi connectivity index (χ0v) is 17.7. The zero-order chi connectivity index (χ0) is 23.1. The lowest BCUT2D eigenvalue weighted by molar-refractivity contribution is -0.126. The van der Waals surface area contributed by atoms with Crippen molar-refractivity contribution in [2.75, 3.05) is 16.6 Å². The van der Waals surface area contributed by atoms with E-state index in [1.807, 2.05) is 13.0 Å². The summed E-state index contributed by atoms with van der Waals surface area (Å²) in [4.78, 5) is 33.9. The first-order valence-electron chi connectivity index (χ1n) is 10.6. The first kappa shape index (κ1) is 21.1. The van der Waals surface area contributed by atoms with Crippen LogP contribution in [0, 0.1) is 17.6 Å². The van der Waals surface area contributed by atoms with Gasteiger partial charge in [0.25, 0.3) is 5.91 Å². The third kappa shape index (κ3) is 3.52. The van der Waals surface area contributed by atoms with Gasteiger partial charge in [-0.1, -0.05) is 24.3 Å². The van der Waals surface area contributed by atoms with Crippen molar-refractivity contribution in [2.24, 2.45) is 5.92 Å². The van der Waals surface area contributed by atoms with Crippen molar-refractivity contribution >= 4 is 23.2 Å². The van der Waals surface area contributed by atoms with E-state index in [1.165, 1.54) is 11.1 Å². The molecule has 3 unspecified atom stereocenters. The normalized spacial score (nSPS) is 22.1. The number of fused-ring (bicyclic) bond motifs is 1. The Hall–Kier alpha value is -3.78. The highest BCUT2D eigenvalue weighted by molar-refractivity contribution is 6.23. The Labute approximate surface area is 188 Å². The maximum atomic E-state index is 14.1. The molecule has 5 rings (SSSR count). The van der Waals surface area contributed by atoms with Gasteiger partial charge in [0.15, 0.2) is 17.7 Å². The maximum Gasteiger partial charge on any atom is 0.266 e. The number of imide groups is 1. The van der Waals surface area contributed by atoms with Crippen molar-refractivity contribution in [2.45, 2.75) is 19.1 Å². The van der Waals surface area contributed by atoms with Crippen LogP contribution in [0.1, 0.15) is 18.5 Å². The highest BCUT2D eigenvalue weighted by atomic mass is 19.2. The molecule has 2 aliphatic rings. The second kappa shape index (κ2) is 8.29. The Balaban J connectivity index is 1.55. The van der Waals surface area contributed by atoms with E-state index in [1.54, 1.807) is 48.5 Å². The molecular formula is C25H20F2N2O4. The topological polar surface area (TPSA) is 59.1 Å². The van der Waals surface area contributed by atoms with Crippen LogP contribution in [0.5, 0.6) is 5.75 Å². The molecule has 2 aliphatic heterocycles. The van der Waals surface area contributed by atoms with Gasteiger partial charge in [0.2, 0.25) is 5.91 Å². The standard InChI is InChI=1S/C25H20F2N2O4/c1-2-32-18-11-9-16(10-12-18)28-24(30)21-22(15-8-13-19(26)20(27)14-15)29(33-23(21)25(28)31)17-6-4-3-5-7-17/h3-14,21-23H,2H2,1H3. The van der Waals surface area contributed by atoms with Crippen LogP contribution in [0.25, 0.3) is 0 Å². The smallest absolute Gasteiger partial charge is 0.266 e. The van der Waals surface area contributed by atoms with Crippen LogP contribution in [0.2, 0.25) is 0 Å². The van der Waals surface area contributed by atoms with Crippen LogP contribution in [0.15, 0.2) is 72.8 Å². The van der Waals surface area contributed by atoms with Gasteiger partial charge in [-0.2, -0.15) is 0 Å². The van der Waals surface area contributed by atoms with E-state index >= 15 is 0 Å². The molecule has 0 aromatic heterocycles. The summed E-state index contributed by atoms with van der Waals surface area (Å²) in [5.74, 6) is -3.34. The summed E-state index contributed by atoms with van der Waals surface area (Å²) in [5.41, 5.74) is 1.32. The first-order valence-corrected chi connectivity index (χ1v) is 10.6. The van der Waals surface area contributed by atoms with Gasteiger partial charge in [0, 0.05) is 0 Å². The lowest BCUT2D eigenvalue weighted by Crippen LogP contribution is -2.37. The molecule has 2 heterocycles. The molecule has 33 heavy (non-hydrogen) atoms. The summed E-state index contributed by atoms with van der Waals surface area (Å²) in [6.07, 6.45) is -1.10. The van der Waals surface area contributed by atoms with Crippen molar-refractivity contribution in [3.8, 4) is 5.75 Å². The number of benzene rings is 3. The zero-order valence-electron chi connectivity index (χ0n) is 17.7. The number of hydroxylamine groups is 1. The fraction of sp³-hybridized carbons (Fsp3) is 0.200. The van der Waals surface area contributed by atoms with Gasteiger partial charge in [-0.05, 0) is 61.0 Å². The van der Waals surface area contributed by atoms with E-state index in [4.69, 9.17) is 9.57 Å². The fourth-order valence-electron chi connectivity index (χ4n) is 4.36. The van der Waals surface area contributed by atoms with Crippen LogP contribution in [0.3, 0.4) is 0 Å². The number of ether oxygens (including phenoxy) is 1. The highest BCUT2D eigenvalue weighted by Gasteiger charge is 2.60. The molecule has 2 saturated heterocycles. The Morgan fingerprint density at radius 3 is 2.27 bits per heavy atom. The number of para-hydroxylation sites is 1. The molecule has 3 aromatic rings. The minimum atomic E-state index is -1.10. The first-order chi connectivity index (χ1) is 16.0. The Bertz CT molecular complexity index is 1200. The minimum absolute atomic E-state index is 0.333. The molecule has 0 bridgehead atoms. The van der Waals surface area contributed by atoms with Crippen LogP contribution >= 0.6 is 0 Å². The maximum absolute atomic E-state index is 14.1. The van der Waals surface area contributed by atoms with Crippen LogP contribution in [0.4, 0.5) is 20.2 Å². The molecule has 0 radical (unpaired) electrons. The molecule has 3 atom stereocenters. The number of hydrogen-bond donors (Lipinski definition) is 0. The monoisotopic (exact) mass is 450 g/mol. The van der Waals surface area contributed by atoms with Gasteiger partial charge >= 0.3 is 0 Å². The largest absolute Gasteiger partial charge is 0.494 e. The van der Waals surface area contributed by atoms with Gasteiger partial charge in [0.05, 0.1) is 24.0 Å². The molecule has 3 aromatic carbocycles. The molecule has 2 fully saturated rings. The third-order valence-corrected chi connectivity index (χ3v) is 5.82. The summed E-state index contributed by atoms with van der Waals surface area (Å²) in [5, 5.41) is 1.44. The Morgan fingerprint density at radius 2 is 1.61 bits per heavy atom. The number of rotatable bonds is 5. The second-order valence-electron chi connectivity index (χ2n) is 7.77. The molecule has 8 heteroatoms. The van der Waals surface area contributed by atoms with Crippen LogP contribution < -0.4 is 14.7 Å². The quantitative estimate of drug-likeness (QED) is 0.539. The predicted molar refractivity (Wildman–Crippen MR) is 116 cm³/mol. The number of carbonyl (C=O) groups is 2. The van der Waals surface area contributed by atoms with E-state index in [0.717, 1.165) is 17.0 Å². The number of anilines is 2. The molecule has 168 valence electrons. The summed E-state index contributed by atoms with van der Waals surface area (Å²) >= 11 is 0. The van der Waals surface area contributed by atoms with Gasteiger partial charge in [-0.25, -0.2) is 18.7 Å². The molecule has 0 spiro atoms. The van der Waals surface area contributed by atoms with E-state index in [-0.39, 0.29) is 0 Å². The van der Waals surface area contributed by atoms with Gasteiger partial charge < -0.3 is 4.74 Å². The lowest BCUT2D eigenvalue weighted by Gasteiger charge is -2.28. The Kier molecular flexibility index (Phi) is 5.30. The molecule has 0 N–H and O–H groups in total. The minimum Gasteiger partial charge on any atom is -0.494 e. The van der Waals surface area contributed by atoms with Gasteiger partial charge in [0.1, 0.15) is 11.7 Å². The second-order valence-corrected chi connectivity index (χ2v) is 7.77. The average molecular weight is 450 g/mol. The molecule has 0 aliphatic carbocycles. The van der Waals surface area contributed by atoms with E-state index in [9.17, 15) is 18.4 Å². The van der Waals surface area contributed by atoms with Gasteiger partial charge in [-0.3, -0.25) is 14.4 Å². The highest BCUT2D eigenvalue weighted by Crippen LogP contribution is 2.47. The third-order valence-electron chi connectivity index (χ3n) is 5.82. The summed E-state index contributed by atoms with van der Waals surface area (Å²) in [6, 6.07) is 18.1. The van der Waals surface area contributed by atoms with E-state index in [2.05, 4.69) is 0 Å². The SMILES string of the molecule is CCOc1ccc(N2C(=O)C3ON(c4ccccc4)C(c4ccc(F)c(F)c4)C3C2=O)cc1. The number of halogens is 2. The van der Waals surface area contributed by atoms with E-state index in [0.29, 0.717) is 29.3 Å². The molecule has 0 saturated carbocycles.